The zero-order chi connectivity index (χ0) is 22.9. The smallest absolute Gasteiger partial charge is 0.339 e. The molecule has 176 valence electrons. The van der Waals surface area contributed by atoms with Crippen molar-refractivity contribution in [1.82, 2.24) is 9.80 Å². The standard InChI is InChI=1S/C25H36N2O4S/c1-26(19-11-5-3-6-12-19)23(28)17-31-25(30)21-15-9-10-16-22(21)32-18-24(29)27(2)20-13-7-4-8-14-20/h9-10,15-16,19-20H,3-8,11-14,17-18H2,1-2H3. The molecule has 2 saturated carbocycles. The zero-order valence-electron chi connectivity index (χ0n) is 19.4. The quantitative estimate of drug-likeness (QED) is 0.422. The number of thioether (sulfide) groups is 1. The Labute approximate surface area is 196 Å². The van der Waals surface area contributed by atoms with Crippen LogP contribution in [0, 0.1) is 0 Å². The molecule has 3 rings (SSSR count). The number of hydrogen-bond acceptors (Lipinski definition) is 5. The lowest BCUT2D eigenvalue weighted by Gasteiger charge is -2.31. The number of carbonyl (C=O) groups is 3. The van der Waals surface area contributed by atoms with E-state index in [2.05, 4.69) is 0 Å². The molecule has 0 heterocycles. The second kappa shape index (κ2) is 12.3. The van der Waals surface area contributed by atoms with E-state index in [1.807, 2.05) is 24.1 Å². The van der Waals surface area contributed by atoms with Crippen LogP contribution in [0.3, 0.4) is 0 Å². The second-order valence-corrected chi connectivity index (χ2v) is 9.97. The van der Waals surface area contributed by atoms with Gasteiger partial charge in [-0.2, -0.15) is 0 Å². The lowest BCUT2D eigenvalue weighted by Crippen LogP contribution is -2.40. The highest BCUT2D eigenvalue weighted by atomic mass is 32.2. The minimum atomic E-state index is -0.522. The van der Waals surface area contributed by atoms with Crippen LogP contribution in [0.15, 0.2) is 29.2 Å². The normalized spacial score (nSPS) is 17.6. The van der Waals surface area contributed by atoms with E-state index in [4.69, 9.17) is 4.74 Å². The molecule has 0 aromatic heterocycles. The summed E-state index contributed by atoms with van der Waals surface area (Å²) in [6, 6.07) is 7.69. The van der Waals surface area contributed by atoms with Gasteiger partial charge in [-0.25, -0.2) is 4.79 Å². The molecule has 2 aliphatic rings. The SMILES string of the molecule is CN(C(=O)COC(=O)c1ccccc1SCC(=O)N(C)C1CCCCC1)C1CCCCC1. The molecular formula is C25H36N2O4S. The van der Waals surface area contributed by atoms with Crippen LogP contribution in [0.1, 0.15) is 74.6 Å². The Bertz CT molecular complexity index is 788. The highest BCUT2D eigenvalue weighted by Gasteiger charge is 2.25. The number of esters is 1. The van der Waals surface area contributed by atoms with Crippen LogP contribution < -0.4 is 0 Å². The van der Waals surface area contributed by atoms with E-state index in [0.717, 1.165) is 38.5 Å². The Kier molecular flexibility index (Phi) is 9.45. The maximum absolute atomic E-state index is 12.7. The van der Waals surface area contributed by atoms with Crippen molar-refractivity contribution in [3.63, 3.8) is 0 Å². The fourth-order valence-electron chi connectivity index (χ4n) is 4.65. The summed E-state index contributed by atoms with van der Waals surface area (Å²) in [5, 5.41) is 0. The maximum Gasteiger partial charge on any atom is 0.339 e. The van der Waals surface area contributed by atoms with Crippen LogP contribution in [0.4, 0.5) is 0 Å². The summed E-state index contributed by atoms with van der Waals surface area (Å²) >= 11 is 1.35. The van der Waals surface area contributed by atoms with E-state index in [-0.39, 0.29) is 30.2 Å². The fourth-order valence-corrected chi connectivity index (χ4v) is 5.62. The number of nitrogens with zero attached hydrogens (tertiary/aromatic N) is 2. The number of carbonyl (C=O) groups excluding carboxylic acids is 3. The molecule has 0 bridgehead atoms. The van der Waals surface area contributed by atoms with E-state index >= 15 is 0 Å². The number of rotatable bonds is 8. The van der Waals surface area contributed by atoms with Crippen molar-refractivity contribution in [2.75, 3.05) is 26.5 Å². The predicted molar refractivity (Wildman–Crippen MR) is 127 cm³/mol. The molecule has 0 unspecified atom stereocenters. The zero-order valence-corrected chi connectivity index (χ0v) is 20.2. The second-order valence-electron chi connectivity index (χ2n) is 8.95. The van der Waals surface area contributed by atoms with Gasteiger partial charge in [0.1, 0.15) is 0 Å². The van der Waals surface area contributed by atoms with E-state index in [9.17, 15) is 14.4 Å². The molecule has 0 atom stereocenters. The van der Waals surface area contributed by atoms with Crippen LogP contribution in [-0.4, -0.2) is 66.1 Å². The molecule has 2 fully saturated rings. The van der Waals surface area contributed by atoms with Gasteiger partial charge in [-0.15, -0.1) is 11.8 Å². The summed E-state index contributed by atoms with van der Waals surface area (Å²) in [6.07, 6.45) is 11.3. The van der Waals surface area contributed by atoms with E-state index in [1.165, 1.54) is 37.4 Å². The van der Waals surface area contributed by atoms with Crippen molar-refractivity contribution < 1.29 is 19.1 Å². The largest absolute Gasteiger partial charge is 0.452 e. The molecule has 0 saturated heterocycles. The lowest BCUT2D eigenvalue weighted by molar-refractivity contribution is -0.136. The average Bonchev–Trinajstić information content (AvgIpc) is 2.85. The summed E-state index contributed by atoms with van der Waals surface area (Å²) in [6.45, 7) is -0.256. The minimum Gasteiger partial charge on any atom is -0.452 e. The molecule has 2 aliphatic carbocycles. The van der Waals surface area contributed by atoms with Crippen molar-refractivity contribution in [2.24, 2.45) is 0 Å². The first-order valence-corrected chi connectivity index (χ1v) is 12.9. The molecular weight excluding hydrogens is 424 g/mol. The summed E-state index contributed by atoms with van der Waals surface area (Å²) in [5.74, 6) is -0.332. The summed E-state index contributed by atoms with van der Waals surface area (Å²) in [4.78, 5) is 42.2. The van der Waals surface area contributed by atoms with Gasteiger partial charge in [-0.05, 0) is 37.8 Å². The Balaban J connectivity index is 1.51. The Morgan fingerprint density at radius 3 is 1.97 bits per heavy atom. The van der Waals surface area contributed by atoms with Gasteiger partial charge in [0.15, 0.2) is 6.61 Å². The van der Waals surface area contributed by atoms with Gasteiger partial charge in [-0.1, -0.05) is 50.7 Å². The van der Waals surface area contributed by atoms with Crippen molar-refractivity contribution in [3.8, 4) is 0 Å². The van der Waals surface area contributed by atoms with Gasteiger partial charge in [0, 0.05) is 31.1 Å². The van der Waals surface area contributed by atoms with Gasteiger partial charge in [0.25, 0.3) is 5.91 Å². The first-order valence-electron chi connectivity index (χ1n) is 11.9. The molecule has 6 nitrogen and oxygen atoms in total. The summed E-state index contributed by atoms with van der Waals surface area (Å²) in [7, 11) is 3.68. The molecule has 32 heavy (non-hydrogen) atoms. The van der Waals surface area contributed by atoms with Crippen LogP contribution in [0.2, 0.25) is 0 Å². The van der Waals surface area contributed by atoms with Crippen molar-refractivity contribution in [1.29, 1.82) is 0 Å². The molecule has 0 spiro atoms. The summed E-state index contributed by atoms with van der Waals surface area (Å²) < 4.78 is 5.35. The molecule has 2 amide bonds. The topological polar surface area (TPSA) is 66.9 Å². The fraction of sp³-hybridized carbons (Fsp3) is 0.640. The van der Waals surface area contributed by atoms with Crippen LogP contribution >= 0.6 is 11.8 Å². The Morgan fingerprint density at radius 1 is 0.844 bits per heavy atom. The number of likely N-dealkylation sites (N-methyl/N-ethyl adjacent to an activating group) is 1. The molecule has 0 aliphatic heterocycles. The summed E-state index contributed by atoms with van der Waals surface area (Å²) in [5.41, 5.74) is 0.402. The van der Waals surface area contributed by atoms with Crippen molar-refractivity contribution in [2.45, 2.75) is 81.2 Å². The highest BCUT2D eigenvalue weighted by Crippen LogP contribution is 2.26. The predicted octanol–water partition coefficient (Wildman–Crippen LogP) is 4.52. The third kappa shape index (κ3) is 6.74. The average molecular weight is 461 g/mol. The van der Waals surface area contributed by atoms with Gasteiger partial charge >= 0.3 is 5.97 Å². The number of ether oxygens (including phenoxy) is 1. The van der Waals surface area contributed by atoms with Crippen LogP contribution in [0.5, 0.6) is 0 Å². The number of benzene rings is 1. The van der Waals surface area contributed by atoms with Crippen LogP contribution in [0.25, 0.3) is 0 Å². The van der Waals surface area contributed by atoms with Crippen molar-refractivity contribution in [3.05, 3.63) is 29.8 Å². The van der Waals surface area contributed by atoms with Gasteiger partial charge in [-0.3, -0.25) is 9.59 Å². The number of hydrogen-bond donors (Lipinski definition) is 0. The van der Waals surface area contributed by atoms with E-state index < -0.39 is 5.97 Å². The maximum atomic E-state index is 12.7. The van der Waals surface area contributed by atoms with Crippen molar-refractivity contribution >= 4 is 29.5 Å². The van der Waals surface area contributed by atoms with Gasteiger partial charge < -0.3 is 14.5 Å². The third-order valence-corrected chi connectivity index (χ3v) is 7.87. The third-order valence-electron chi connectivity index (χ3n) is 6.82. The van der Waals surface area contributed by atoms with Gasteiger partial charge in [0.2, 0.25) is 5.91 Å². The molecule has 7 heteroatoms. The molecule has 0 N–H and O–H groups in total. The monoisotopic (exact) mass is 460 g/mol. The van der Waals surface area contributed by atoms with Crippen LogP contribution in [-0.2, 0) is 14.3 Å². The van der Waals surface area contributed by atoms with E-state index in [0.29, 0.717) is 16.5 Å². The number of amides is 2. The van der Waals surface area contributed by atoms with E-state index in [1.54, 1.807) is 24.1 Å². The minimum absolute atomic E-state index is 0.0781. The first kappa shape index (κ1) is 24.6. The molecule has 1 aromatic carbocycles. The van der Waals surface area contributed by atoms with Gasteiger partial charge in [0.05, 0.1) is 11.3 Å². The molecule has 0 radical (unpaired) electrons. The Hall–Kier alpha value is -2.02. The highest BCUT2D eigenvalue weighted by molar-refractivity contribution is 8.00. The Morgan fingerprint density at radius 2 is 1.38 bits per heavy atom. The molecule has 1 aromatic rings. The first-order chi connectivity index (χ1) is 15.5. The lowest BCUT2D eigenvalue weighted by atomic mass is 9.94.